The second kappa shape index (κ2) is 14.6. The van der Waals surface area contributed by atoms with Crippen LogP contribution in [0, 0.1) is 5.92 Å². The lowest BCUT2D eigenvalue weighted by molar-refractivity contribution is -0.140. The van der Waals surface area contributed by atoms with Gasteiger partial charge in [-0.3, -0.25) is 19.2 Å². The molecule has 2 aliphatic heterocycles. The smallest absolute Gasteiger partial charge is 0.255 e. The van der Waals surface area contributed by atoms with Crippen LogP contribution in [0.5, 0.6) is 17.2 Å². The second-order valence-corrected chi connectivity index (χ2v) is 10.9. The van der Waals surface area contributed by atoms with Gasteiger partial charge in [0.05, 0.1) is 31.7 Å². The summed E-state index contributed by atoms with van der Waals surface area (Å²) in [5.41, 5.74) is 0.233. The normalized spacial score (nSPS) is 21.3. The van der Waals surface area contributed by atoms with Crippen LogP contribution >= 0.6 is 0 Å². The molecule has 4 amide bonds. The first-order chi connectivity index (χ1) is 20.2. The molecule has 3 N–H and O–H groups in total. The van der Waals surface area contributed by atoms with Gasteiger partial charge in [0.2, 0.25) is 17.7 Å². The minimum Gasteiger partial charge on any atom is -0.497 e. The fraction of sp³-hybridized carbons (Fsp3) is 0.484. The van der Waals surface area contributed by atoms with E-state index in [9.17, 15) is 19.2 Å². The number of benzene rings is 2. The predicted octanol–water partition coefficient (Wildman–Crippen LogP) is 2.29. The zero-order chi connectivity index (χ0) is 30.1. The minimum atomic E-state index is -1.17. The zero-order valence-corrected chi connectivity index (χ0v) is 24.4. The number of nitrogens with zero attached hydrogens (tertiary/aromatic N) is 1. The summed E-state index contributed by atoms with van der Waals surface area (Å²) in [7, 11) is 1.58. The van der Waals surface area contributed by atoms with Crippen LogP contribution in [-0.4, -0.2) is 80.1 Å². The predicted molar refractivity (Wildman–Crippen MR) is 155 cm³/mol. The van der Waals surface area contributed by atoms with Crippen molar-refractivity contribution in [1.82, 2.24) is 20.9 Å². The van der Waals surface area contributed by atoms with E-state index in [0.29, 0.717) is 49.0 Å². The molecule has 3 atom stereocenters. The van der Waals surface area contributed by atoms with Crippen molar-refractivity contribution >= 4 is 23.6 Å². The lowest BCUT2D eigenvalue weighted by Crippen LogP contribution is -2.54. The number of amides is 4. The summed E-state index contributed by atoms with van der Waals surface area (Å²) >= 11 is 0. The number of para-hydroxylation sites is 1. The highest BCUT2D eigenvalue weighted by atomic mass is 16.5. The third-order valence-electron chi connectivity index (χ3n) is 7.28. The summed E-state index contributed by atoms with van der Waals surface area (Å²) in [6, 6.07) is 11.7. The lowest BCUT2D eigenvalue weighted by atomic mass is 10.0. The molecule has 2 heterocycles. The van der Waals surface area contributed by atoms with E-state index < -0.39 is 23.9 Å². The van der Waals surface area contributed by atoms with Crippen LogP contribution in [0.15, 0.2) is 48.5 Å². The standard InChI is InChI=1S/C31H40N4O7/c1-20(2)17-21-19-42-27-9-5-4-7-24(27)29(37)34-25(18-28(36)35-15-6-8-26(35)31(39)33-21)30(38)32-14-16-41-23-12-10-22(40-3)11-13-23/h4-5,7,9-13,20-21,25-26H,6,8,14-19H2,1-3H3,(H,32,38)(H,33,39)(H,34,37)/t21-,25+,26+/m1/s1. The molecule has 0 aromatic heterocycles. The number of nitrogens with one attached hydrogen (secondary N) is 3. The Morgan fingerprint density at radius 3 is 2.55 bits per heavy atom. The Morgan fingerprint density at radius 1 is 1.07 bits per heavy atom. The molecule has 0 bridgehead atoms. The highest BCUT2D eigenvalue weighted by molar-refractivity contribution is 6.01. The Labute approximate surface area is 246 Å². The van der Waals surface area contributed by atoms with Gasteiger partial charge in [-0.05, 0) is 61.6 Å². The van der Waals surface area contributed by atoms with E-state index >= 15 is 0 Å². The van der Waals surface area contributed by atoms with Gasteiger partial charge in [0.25, 0.3) is 5.91 Å². The average Bonchev–Trinajstić information content (AvgIpc) is 3.48. The van der Waals surface area contributed by atoms with Crippen molar-refractivity contribution in [2.45, 2.75) is 57.7 Å². The maximum atomic E-state index is 13.5. The van der Waals surface area contributed by atoms with Gasteiger partial charge in [-0.1, -0.05) is 26.0 Å². The summed E-state index contributed by atoms with van der Waals surface area (Å²) in [5.74, 6) is 0.257. The summed E-state index contributed by atoms with van der Waals surface area (Å²) in [5, 5.41) is 8.55. The van der Waals surface area contributed by atoms with Gasteiger partial charge in [0.15, 0.2) is 0 Å². The maximum Gasteiger partial charge on any atom is 0.255 e. The van der Waals surface area contributed by atoms with E-state index in [-0.39, 0.29) is 49.6 Å². The van der Waals surface area contributed by atoms with Crippen LogP contribution in [0.4, 0.5) is 0 Å². The SMILES string of the molecule is COc1ccc(OCCNC(=O)[C@@H]2CC(=O)N3CCC[C@H]3C(=O)N[C@H](CC(C)C)COc3ccccc3C(=O)N2)cc1. The van der Waals surface area contributed by atoms with Gasteiger partial charge in [0, 0.05) is 6.54 Å². The number of hydrogen-bond donors (Lipinski definition) is 3. The summed E-state index contributed by atoms with van der Waals surface area (Å²) in [6.07, 6.45) is 1.58. The molecule has 4 rings (SSSR count). The van der Waals surface area contributed by atoms with E-state index in [2.05, 4.69) is 29.8 Å². The number of hydrogen-bond acceptors (Lipinski definition) is 7. The molecule has 2 aromatic rings. The van der Waals surface area contributed by atoms with Crippen molar-refractivity contribution in [3.63, 3.8) is 0 Å². The van der Waals surface area contributed by atoms with Gasteiger partial charge >= 0.3 is 0 Å². The van der Waals surface area contributed by atoms with E-state index in [4.69, 9.17) is 14.2 Å². The number of ether oxygens (including phenoxy) is 3. The van der Waals surface area contributed by atoms with Crippen molar-refractivity contribution in [1.29, 1.82) is 0 Å². The highest BCUT2D eigenvalue weighted by Gasteiger charge is 2.37. The van der Waals surface area contributed by atoms with Crippen molar-refractivity contribution in [3.8, 4) is 17.2 Å². The summed E-state index contributed by atoms with van der Waals surface area (Å²) < 4.78 is 16.9. The quantitative estimate of drug-likeness (QED) is 0.408. The first-order valence-corrected chi connectivity index (χ1v) is 14.4. The molecule has 1 saturated heterocycles. The Bertz CT molecular complexity index is 1250. The van der Waals surface area contributed by atoms with Crippen LogP contribution in [0.2, 0.25) is 0 Å². The van der Waals surface area contributed by atoms with Gasteiger partial charge in [0.1, 0.15) is 42.5 Å². The third kappa shape index (κ3) is 8.14. The number of carbonyl (C=O) groups is 4. The highest BCUT2D eigenvalue weighted by Crippen LogP contribution is 2.23. The molecular formula is C31H40N4O7. The molecule has 2 aromatic carbocycles. The molecule has 2 aliphatic rings. The topological polar surface area (TPSA) is 135 Å². The molecule has 42 heavy (non-hydrogen) atoms. The number of rotatable bonds is 8. The molecule has 0 unspecified atom stereocenters. The fourth-order valence-corrected chi connectivity index (χ4v) is 5.22. The second-order valence-electron chi connectivity index (χ2n) is 10.9. The third-order valence-corrected chi connectivity index (χ3v) is 7.28. The summed E-state index contributed by atoms with van der Waals surface area (Å²) in [6.45, 7) is 5.00. The Kier molecular flexibility index (Phi) is 10.6. The van der Waals surface area contributed by atoms with Gasteiger partial charge in [-0.15, -0.1) is 0 Å². The monoisotopic (exact) mass is 580 g/mol. The van der Waals surface area contributed by atoms with Crippen molar-refractivity contribution in [2.24, 2.45) is 5.92 Å². The van der Waals surface area contributed by atoms with Crippen molar-refractivity contribution in [3.05, 3.63) is 54.1 Å². The van der Waals surface area contributed by atoms with Gasteiger partial charge in [-0.2, -0.15) is 0 Å². The molecule has 226 valence electrons. The van der Waals surface area contributed by atoms with Gasteiger partial charge in [-0.25, -0.2) is 0 Å². The molecule has 1 fully saturated rings. The van der Waals surface area contributed by atoms with Crippen LogP contribution < -0.4 is 30.2 Å². The summed E-state index contributed by atoms with van der Waals surface area (Å²) in [4.78, 5) is 54.9. The molecule has 0 aliphatic carbocycles. The van der Waals surface area contributed by atoms with E-state index in [0.717, 1.165) is 0 Å². The van der Waals surface area contributed by atoms with E-state index in [1.54, 1.807) is 55.6 Å². The fourth-order valence-electron chi connectivity index (χ4n) is 5.22. The number of fused-ring (bicyclic) bond motifs is 2. The zero-order valence-electron chi connectivity index (χ0n) is 24.4. The first-order valence-electron chi connectivity index (χ1n) is 14.4. The van der Waals surface area contributed by atoms with E-state index in [1.165, 1.54) is 4.90 Å². The van der Waals surface area contributed by atoms with Crippen LogP contribution in [0.3, 0.4) is 0 Å². The maximum absolute atomic E-state index is 13.5. The Hall–Kier alpha value is -4.28. The molecule has 0 spiro atoms. The largest absolute Gasteiger partial charge is 0.497 e. The Morgan fingerprint density at radius 2 is 1.81 bits per heavy atom. The number of carbonyl (C=O) groups excluding carboxylic acids is 4. The van der Waals surface area contributed by atoms with Crippen LogP contribution in [-0.2, 0) is 14.4 Å². The molecular weight excluding hydrogens is 540 g/mol. The van der Waals surface area contributed by atoms with Crippen molar-refractivity contribution < 1.29 is 33.4 Å². The Balaban J connectivity index is 1.50. The molecule has 11 nitrogen and oxygen atoms in total. The number of methoxy groups -OCH3 is 1. The van der Waals surface area contributed by atoms with Crippen LogP contribution in [0.25, 0.3) is 0 Å². The first kappa shape index (κ1) is 30.7. The lowest BCUT2D eigenvalue weighted by Gasteiger charge is -2.29. The van der Waals surface area contributed by atoms with E-state index in [1.807, 2.05) is 0 Å². The minimum absolute atomic E-state index is 0.150. The van der Waals surface area contributed by atoms with Crippen LogP contribution in [0.1, 0.15) is 49.9 Å². The molecule has 11 heteroatoms. The average molecular weight is 581 g/mol. The molecule has 0 radical (unpaired) electrons. The van der Waals surface area contributed by atoms with Crippen molar-refractivity contribution in [2.75, 3.05) is 33.4 Å². The van der Waals surface area contributed by atoms with Gasteiger partial charge < -0.3 is 35.1 Å². The molecule has 0 saturated carbocycles.